The van der Waals surface area contributed by atoms with E-state index in [1.807, 2.05) is 30.3 Å². The summed E-state index contributed by atoms with van der Waals surface area (Å²) < 4.78 is 5.30. The lowest BCUT2D eigenvalue weighted by molar-refractivity contribution is -0.130. The molecule has 0 spiro atoms. The number of alkyl carbamates (subject to hydrolysis) is 1. The number of anilines is 1. The number of benzene rings is 2. The maximum Gasteiger partial charge on any atom is 0.407 e. The van der Waals surface area contributed by atoms with Crippen LogP contribution >= 0.6 is 0 Å². The zero-order valence-electron chi connectivity index (χ0n) is 20.3. The number of hydrogen-bond acceptors (Lipinski definition) is 6. The molecule has 0 saturated carbocycles. The Kier molecular flexibility index (Phi) is 8.48. The Balaban J connectivity index is 1.68. The average Bonchev–Trinajstić information content (AvgIpc) is 3.29. The van der Waals surface area contributed by atoms with Gasteiger partial charge in [-0.1, -0.05) is 30.3 Å². The van der Waals surface area contributed by atoms with Crippen molar-refractivity contribution < 1.29 is 24.0 Å². The maximum atomic E-state index is 13.1. The highest BCUT2D eigenvalue weighted by Crippen LogP contribution is 2.21. The molecule has 3 rings (SSSR count). The number of nitrogens with two attached hydrogens (primary N) is 1. The van der Waals surface area contributed by atoms with Crippen LogP contribution in [0.1, 0.15) is 32.8 Å². The van der Waals surface area contributed by atoms with E-state index in [-0.39, 0.29) is 24.4 Å². The van der Waals surface area contributed by atoms with Crippen molar-refractivity contribution >= 4 is 29.7 Å². The summed E-state index contributed by atoms with van der Waals surface area (Å²) in [5.41, 5.74) is 0.802. The van der Waals surface area contributed by atoms with Crippen molar-refractivity contribution in [1.29, 1.82) is 0 Å². The molecule has 3 amide bonds. The minimum Gasteiger partial charge on any atom is -0.444 e. The van der Waals surface area contributed by atoms with Gasteiger partial charge < -0.3 is 19.8 Å². The van der Waals surface area contributed by atoms with Gasteiger partial charge in [0.05, 0.1) is 6.04 Å². The van der Waals surface area contributed by atoms with Gasteiger partial charge in [0.1, 0.15) is 17.9 Å². The normalized spacial score (nSPS) is 15.7. The molecule has 1 aliphatic heterocycles. The zero-order valence-corrected chi connectivity index (χ0v) is 20.3. The molecule has 1 saturated heterocycles. The number of rotatable bonds is 7. The molecule has 1 aliphatic rings. The summed E-state index contributed by atoms with van der Waals surface area (Å²) in [7, 11) is 0. The van der Waals surface area contributed by atoms with Gasteiger partial charge in [-0.15, -0.1) is 0 Å². The number of likely N-dealkylation sites (tertiary alicyclic amines) is 1. The lowest BCUT2D eigenvalue weighted by Crippen LogP contribution is -2.44. The third-order valence-electron chi connectivity index (χ3n) is 5.32. The van der Waals surface area contributed by atoms with Crippen LogP contribution in [0.4, 0.5) is 10.5 Å². The predicted molar refractivity (Wildman–Crippen MR) is 133 cm³/mol. The van der Waals surface area contributed by atoms with E-state index in [4.69, 9.17) is 15.5 Å². The second-order valence-electron chi connectivity index (χ2n) is 9.25. The fourth-order valence-electron chi connectivity index (χ4n) is 3.64. The summed E-state index contributed by atoms with van der Waals surface area (Å²) in [6.07, 6.45) is 3.23. The van der Waals surface area contributed by atoms with Crippen LogP contribution < -0.4 is 21.0 Å². The van der Waals surface area contributed by atoms with Crippen molar-refractivity contribution in [2.45, 2.75) is 38.8 Å². The molecular weight excluding hydrogens is 448 g/mol. The van der Waals surface area contributed by atoms with Crippen molar-refractivity contribution in [3.8, 4) is 5.75 Å². The van der Waals surface area contributed by atoms with Crippen molar-refractivity contribution in [3.63, 3.8) is 0 Å². The third kappa shape index (κ3) is 7.86. The number of carbonyl (C=O) groups is 3. The van der Waals surface area contributed by atoms with Crippen LogP contribution in [0.15, 0.2) is 60.7 Å². The molecule has 9 heteroatoms. The summed E-state index contributed by atoms with van der Waals surface area (Å²) in [6.45, 7) is 6.05. The highest BCUT2D eigenvalue weighted by atomic mass is 16.6. The van der Waals surface area contributed by atoms with Crippen LogP contribution in [0.25, 0.3) is 6.08 Å². The number of nitrogens with one attached hydrogen (secondary N) is 1. The average molecular weight is 481 g/mol. The fraction of sp³-hybridized carbons (Fsp3) is 0.346. The summed E-state index contributed by atoms with van der Waals surface area (Å²) in [6, 6.07) is 15.8. The van der Waals surface area contributed by atoms with E-state index in [1.54, 1.807) is 56.0 Å². The molecule has 2 aromatic rings. The molecule has 0 aromatic heterocycles. The lowest BCUT2D eigenvalue weighted by Gasteiger charge is -2.25. The molecule has 9 nitrogen and oxygen atoms in total. The summed E-state index contributed by atoms with van der Waals surface area (Å²) in [5.74, 6) is 5.07. The number of amides is 3. The zero-order chi connectivity index (χ0) is 25.4. The molecule has 1 heterocycles. The Morgan fingerprint density at radius 3 is 2.43 bits per heavy atom. The molecule has 186 valence electrons. The van der Waals surface area contributed by atoms with Crippen molar-refractivity contribution in [3.05, 3.63) is 66.2 Å². The molecule has 0 radical (unpaired) electrons. The first-order valence-electron chi connectivity index (χ1n) is 11.4. The third-order valence-corrected chi connectivity index (χ3v) is 5.32. The summed E-state index contributed by atoms with van der Waals surface area (Å²) in [5, 5.41) is 2.81. The van der Waals surface area contributed by atoms with Crippen LogP contribution in [0.2, 0.25) is 0 Å². The Morgan fingerprint density at radius 1 is 1.11 bits per heavy atom. The number of hydrogen-bond donors (Lipinski definition) is 2. The first kappa shape index (κ1) is 25.8. The van der Waals surface area contributed by atoms with Gasteiger partial charge in [-0.25, -0.2) is 4.79 Å². The number of nitrogens with zero attached hydrogens (tertiary/aromatic N) is 2. The smallest absolute Gasteiger partial charge is 0.407 e. The molecule has 2 aromatic carbocycles. The van der Waals surface area contributed by atoms with E-state index in [2.05, 4.69) is 5.32 Å². The molecule has 0 bridgehead atoms. The molecular formula is C26H32N4O5. The molecule has 1 fully saturated rings. The summed E-state index contributed by atoms with van der Waals surface area (Å²) in [4.78, 5) is 46.0. The Bertz CT molecular complexity index is 1050. The van der Waals surface area contributed by atoms with E-state index < -0.39 is 11.7 Å². The van der Waals surface area contributed by atoms with Crippen molar-refractivity contribution in [2.75, 3.05) is 24.5 Å². The minimum absolute atomic E-state index is 0.153. The second kappa shape index (κ2) is 11.5. The summed E-state index contributed by atoms with van der Waals surface area (Å²) >= 11 is 0. The van der Waals surface area contributed by atoms with Gasteiger partial charge in [0, 0.05) is 24.9 Å². The van der Waals surface area contributed by atoms with E-state index in [9.17, 15) is 14.4 Å². The van der Waals surface area contributed by atoms with Gasteiger partial charge >= 0.3 is 6.09 Å². The first-order valence-corrected chi connectivity index (χ1v) is 11.4. The van der Waals surface area contributed by atoms with Gasteiger partial charge in [0.15, 0.2) is 0 Å². The topological polar surface area (TPSA) is 114 Å². The van der Waals surface area contributed by atoms with Gasteiger partial charge in [0.2, 0.25) is 5.91 Å². The molecule has 3 N–H and O–H groups in total. The van der Waals surface area contributed by atoms with Crippen LogP contribution in [-0.2, 0) is 14.3 Å². The van der Waals surface area contributed by atoms with Crippen LogP contribution in [0.5, 0.6) is 5.75 Å². The maximum absolute atomic E-state index is 13.1. The first-order chi connectivity index (χ1) is 16.6. The van der Waals surface area contributed by atoms with Crippen LogP contribution in [0, 0.1) is 0 Å². The second-order valence-corrected chi connectivity index (χ2v) is 9.25. The highest BCUT2D eigenvalue weighted by molar-refractivity contribution is 6.06. The quantitative estimate of drug-likeness (QED) is 0.465. The Morgan fingerprint density at radius 2 is 1.80 bits per heavy atom. The van der Waals surface area contributed by atoms with Crippen molar-refractivity contribution in [1.82, 2.24) is 10.2 Å². The van der Waals surface area contributed by atoms with E-state index in [0.29, 0.717) is 30.9 Å². The van der Waals surface area contributed by atoms with Crippen LogP contribution in [-0.4, -0.2) is 54.1 Å². The molecule has 35 heavy (non-hydrogen) atoms. The minimum atomic E-state index is -0.600. The van der Waals surface area contributed by atoms with Crippen molar-refractivity contribution in [2.24, 2.45) is 5.90 Å². The number of carbonyl (C=O) groups excluding carboxylic acids is 3. The van der Waals surface area contributed by atoms with Gasteiger partial charge in [-0.05, 0) is 63.1 Å². The highest BCUT2D eigenvalue weighted by Gasteiger charge is 2.30. The molecule has 1 atom stereocenters. The standard InChI is InChI=1S/C26H32N4O5/c1-26(2,3)34-25(33)28-20-15-16-29(17-20)24(32)18-30(21-10-12-22(35-27)13-11-21)23(31)14-9-19-7-5-4-6-8-19/h4-14,20H,15-18,27H2,1-3H3,(H,28,33)/b14-9+/t20-/m0/s1. The van der Waals surface area contributed by atoms with Gasteiger partial charge in [0.25, 0.3) is 5.91 Å². The SMILES string of the molecule is CC(C)(C)OC(=O)N[C@H]1CCN(C(=O)CN(C(=O)/C=C/c2ccccc2)c2ccc(ON)cc2)C1. The van der Waals surface area contributed by atoms with E-state index >= 15 is 0 Å². The Labute approximate surface area is 205 Å². The Hall–Kier alpha value is -3.85. The monoisotopic (exact) mass is 480 g/mol. The van der Waals surface area contributed by atoms with Crippen LogP contribution in [0.3, 0.4) is 0 Å². The van der Waals surface area contributed by atoms with E-state index in [0.717, 1.165) is 5.56 Å². The lowest BCUT2D eigenvalue weighted by atomic mass is 10.2. The predicted octanol–water partition coefficient (Wildman–Crippen LogP) is 3.11. The molecule has 0 unspecified atom stereocenters. The fourth-order valence-corrected chi connectivity index (χ4v) is 3.64. The molecule has 0 aliphatic carbocycles. The van der Waals surface area contributed by atoms with Gasteiger partial charge in [-0.2, -0.15) is 5.90 Å². The largest absolute Gasteiger partial charge is 0.444 e. The van der Waals surface area contributed by atoms with Gasteiger partial charge in [-0.3, -0.25) is 14.5 Å². The number of ether oxygens (including phenoxy) is 1. The van der Waals surface area contributed by atoms with E-state index in [1.165, 1.54) is 11.0 Å².